The lowest BCUT2D eigenvalue weighted by molar-refractivity contribution is -0.147. The Morgan fingerprint density at radius 2 is 1.92 bits per heavy atom. The first-order valence-corrected chi connectivity index (χ1v) is 12.2. The van der Waals surface area contributed by atoms with Crippen molar-refractivity contribution >= 4 is 14.3 Å². The van der Waals surface area contributed by atoms with Gasteiger partial charge in [0.1, 0.15) is 11.9 Å². The molecule has 1 aromatic carbocycles. The Hall–Kier alpha value is -1.77. The van der Waals surface area contributed by atoms with Crippen molar-refractivity contribution in [2.24, 2.45) is 0 Å². The summed E-state index contributed by atoms with van der Waals surface area (Å²) in [6, 6.07) is 7.74. The number of hydrogen-bond donors (Lipinski definition) is 0. The number of esters is 1. The van der Waals surface area contributed by atoms with Gasteiger partial charge in [0, 0.05) is 12.8 Å². The van der Waals surface area contributed by atoms with E-state index in [1.165, 1.54) is 0 Å². The van der Waals surface area contributed by atoms with E-state index in [0.29, 0.717) is 25.9 Å². The van der Waals surface area contributed by atoms with Gasteiger partial charge in [-0.25, -0.2) is 0 Å². The number of para-hydroxylation sites is 1. The van der Waals surface area contributed by atoms with Crippen LogP contribution in [-0.4, -0.2) is 33.1 Å². The summed E-state index contributed by atoms with van der Waals surface area (Å²) in [7, 11) is -1.67. The van der Waals surface area contributed by atoms with E-state index in [1.54, 1.807) is 0 Å². The zero-order chi connectivity index (χ0) is 18.9. The largest absolute Gasteiger partial charge is 0.493 e. The molecule has 1 aromatic rings. The molecule has 0 spiro atoms. The van der Waals surface area contributed by atoms with E-state index in [1.807, 2.05) is 38.1 Å². The zero-order valence-electron chi connectivity index (χ0n) is 16.0. The summed E-state index contributed by atoms with van der Waals surface area (Å²) in [5.74, 6) is 3.28. The van der Waals surface area contributed by atoms with E-state index in [2.05, 4.69) is 25.6 Å². The topological polar surface area (TPSA) is 44.8 Å². The standard InChI is InChI=1S/C20H30O4Si/c1-7-18(24-25(4,5)6)14-15-22-19-11-9-8-10-17(19)12-13-20(21)23-16(2)3/h1,8-11,16,18H,12-15H2,2-6H3/t18-/m0/s1. The second-order valence-electron chi connectivity index (χ2n) is 7.17. The fraction of sp³-hybridized carbons (Fsp3) is 0.550. The summed E-state index contributed by atoms with van der Waals surface area (Å²) in [5, 5.41) is 0. The van der Waals surface area contributed by atoms with Crippen LogP contribution in [0.1, 0.15) is 32.3 Å². The van der Waals surface area contributed by atoms with Crippen molar-refractivity contribution in [1.29, 1.82) is 0 Å². The van der Waals surface area contributed by atoms with Crippen LogP contribution in [0.4, 0.5) is 0 Å². The fourth-order valence-electron chi connectivity index (χ4n) is 2.29. The van der Waals surface area contributed by atoms with Crippen LogP contribution in [0.5, 0.6) is 5.75 Å². The lowest BCUT2D eigenvalue weighted by Gasteiger charge is -2.23. The molecular formula is C20H30O4Si. The molecule has 138 valence electrons. The smallest absolute Gasteiger partial charge is 0.306 e. The fourth-order valence-corrected chi connectivity index (χ4v) is 3.33. The van der Waals surface area contributed by atoms with Gasteiger partial charge in [0.15, 0.2) is 8.32 Å². The van der Waals surface area contributed by atoms with Gasteiger partial charge >= 0.3 is 5.97 Å². The number of aryl methyl sites for hydroxylation is 1. The summed E-state index contributed by atoms with van der Waals surface area (Å²) in [5.41, 5.74) is 0.992. The second-order valence-corrected chi connectivity index (χ2v) is 11.6. The minimum Gasteiger partial charge on any atom is -0.493 e. The number of benzene rings is 1. The Kier molecular flexibility index (Phi) is 8.74. The van der Waals surface area contributed by atoms with Gasteiger partial charge < -0.3 is 13.9 Å². The highest BCUT2D eigenvalue weighted by molar-refractivity contribution is 6.69. The quantitative estimate of drug-likeness (QED) is 0.356. The number of rotatable bonds is 10. The predicted octanol–water partition coefficient (Wildman–Crippen LogP) is 4.19. The first-order valence-electron chi connectivity index (χ1n) is 8.75. The van der Waals surface area contributed by atoms with E-state index in [9.17, 15) is 4.79 Å². The summed E-state index contributed by atoms with van der Waals surface area (Å²) in [4.78, 5) is 11.7. The van der Waals surface area contributed by atoms with Crippen LogP contribution in [0, 0.1) is 12.3 Å². The van der Waals surface area contributed by atoms with Gasteiger partial charge in [-0.2, -0.15) is 0 Å². The molecule has 0 aromatic heterocycles. The zero-order valence-corrected chi connectivity index (χ0v) is 17.0. The molecule has 5 heteroatoms. The molecule has 0 saturated carbocycles. The van der Waals surface area contributed by atoms with Crippen molar-refractivity contribution in [3.63, 3.8) is 0 Å². The molecule has 0 aliphatic carbocycles. The molecule has 0 fully saturated rings. The van der Waals surface area contributed by atoms with Gasteiger partial charge in [-0.05, 0) is 51.5 Å². The minimum atomic E-state index is -1.67. The van der Waals surface area contributed by atoms with Crippen LogP contribution in [0.2, 0.25) is 19.6 Å². The van der Waals surface area contributed by atoms with E-state index in [-0.39, 0.29) is 18.2 Å². The summed E-state index contributed by atoms with van der Waals surface area (Å²) < 4.78 is 17.0. The molecule has 0 amide bonds. The Labute approximate surface area is 153 Å². The molecule has 0 unspecified atom stereocenters. The van der Waals surface area contributed by atoms with E-state index >= 15 is 0 Å². The van der Waals surface area contributed by atoms with Crippen LogP contribution in [0.3, 0.4) is 0 Å². The molecule has 25 heavy (non-hydrogen) atoms. The molecule has 0 radical (unpaired) electrons. The third-order valence-electron chi connectivity index (χ3n) is 3.26. The third kappa shape index (κ3) is 9.33. The number of carbonyl (C=O) groups excluding carboxylic acids is 1. The molecule has 0 saturated heterocycles. The Bertz CT molecular complexity index is 584. The molecule has 4 nitrogen and oxygen atoms in total. The van der Waals surface area contributed by atoms with Gasteiger partial charge in [-0.1, -0.05) is 24.1 Å². The van der Waals surface area contributed by atoms with Gasteiger partial charge in [0.05, 0.1) is 12.7 Å². The summed E-state index contributed by atoms with van der Waals surface area (Å²) in [6.45, 7) is 10.5. The number of ether oxygens (including phenoxy) is 2. The average molecular weight is 363 g/mol. The Morgan fingerprint density at radius 1 is 1.24 bits per heavy atom. The van der Waals surface area contributed by atoms with E-state index in [0.717, 1.165) is 11.3 Å². The highest BCUT2D eigenvalue weighted by Crippen LogP contribution is 2.20. The van der Waals surface area contributed by atoms with Crippen LogP contribution >= 0.6 is 0 Å². The number of hydrogen-bond acceptors (Lipinski definition) is 4. The average Bonchev–Trinajstić information content (AvgIpc) is 2.51. The van der Waals surface area contributed by atoms with E-state index < -0.39 is 8.32 Å². The lowest BCUT2D eigenvalue weighted by Crippen LogP contribution is -2.32. The Balaban J connectivity index is 2.54. The normalized spacial score (nSPS) is 12.5. The predicted molar refractivity (Wildman–Crippen MR) is 103 cm³/mol. The van der Waals surface area contributed by atoms with Gasteiger partial charge in [-0.3, -0.25) is 4.79 Å². The highest BCUT2D eigenvalue weighted by atomic mass is 28.4. The molecule has 0 aliphatic heterocycles. The first kappa shape index (κ1) is 21.3. The van der Waals surface area contributed by atoms with Crippen molar-refractivity contribution in [2.45, 2.75) is 65.0 Å². The van der Waals surface area contributed by atoms with Crippen molar-refractivity contribution < 1.29 is 18.7 Å². The van der Waals surface area contributed by atoms with Crippen LogP contribution < -0.4 is 4.74 Å². The number of carbonyl (C=O) groups is 1. The summed E-state index contributed by atoms with van der Waals surface area (Å²) >= 11 is 0. The SMILES string of the molecule is C#C[C@@H](CCOc1ccccc1CCC(=O)OC(C)C)O[Si](C)(C)C. The molecule has 0 N–H and O–H groups in total. The monoisotopic (exact) mass is 362 g/mol. The second kappa shape index (κ2) is 10.3. The molecule has 1 atom stereocenters. The molecule has 1 rings (SSSR count). The minimum absolute atomic E-state index is 0.0916. The molecule has 0 bridgehead atoms. The lowest BCUT2D eigenvalue weighted by atomic mass is 10.1. The maximum Gasteiger partial charge on any atom is 0.306 e. The van der Waals surface area contributed by atoms with Crippen molar-refractivity contribution in [2.75, 3.05) is 6.61 Å². The van der Waals surface area contributed by atoms with Gasteiger partial charge in [0.25, 0.3) is 0 Å². The summed E-state index contributed by atoms with van der Waals surface area (Å²) in [6.07, 6.45) is 6.81. The van der Waals surface area contributed by atoms with Crippen LogP contribution in [-0.2, 0) is 20.4 Å². The van der Waals surface area contributed by atoms with Crippen molar-refractivity contribution in [3.05, 3.63) is 29.8 Å². The van der Waals surface area contributed by atoms with Crippen LogP contribution in [0.15, 0.2) is 24.3 Å². The molecule has 0 heterocycles. The third-order valence-corrected chi connectivity index (χ3v) is 4.25. The van der Waals surface area contributed by atoms with Crippen molar-refractivity contribution in [1.82, 2.24) is 0 Å². The van der Waals surface area contributed by atoms with Gasteiger partial charge in [0.2, 0.25) is 0 Å². The van der Waals surface area contributed by atoms with Crippen molar-refractivity contribution in [3.8, 4) is 18.1 Å². The maximum absolute atomic E-state index is 11.7. The van der Waals surface area contributed by atoms with Crippen LogP contribution in [0.25, 0.3) is 0 Å². The highest BCUT2D eigenvalue weighted by Gasteiger charge is 2.19. The maximum atomic E-state index is 11.7. The van der Waals surface area contributed by atoms with Gasteiger partial charge in [-0.15, -0.1) is 6.42 Å². The first-order chi connectivity index (χ1) is 11.7. The molecule has 0 aliphatic rings. The Morgan fingerprint density at radius 3 is 2.52 bits per heavy atom. The molecular weight excluding hydrogens is 332 g/mol. The number of terminal acetylenes is 1. The van der Waals surface area contributed by atoms with E-state index in [4.69, 9.17) is 20.3 Å².